The lowest BCUT2D eigenvalue weighted by Crippen LogP contribution is -2.31. The molecule has 0 amide bonds. The predicted octanol–water partition coefficient (Wildman–Crippen LogP) is 2.72. The maximum Gasteiger partial charge on any atom is 0.157 e. The first-order valence-electron chi connectivity index (χ1n) is 6.11. The predicted molar refractivity (Wildman–Crippen MR) is 59.3 cm³/mol. The van der Waals surface area contributed by atoms with E-state index in [4.69, 9.17) is 15.9 Å². The van der Waals surface area contributed by atoms with Crippen molar-refractivity contribution >= 4 is 0 Å². The van der Waals surface area contributed by atoms with Crippen LogP contribution in [0.1, 0.15) is 44.9 Å². The zero-order chi connectivity index (χ0) is 10.5. The highest BCUT2D eigenvalue weighted by Crippen LogP contribution is 2.28. The van der Waals surface area contributed by atoms with Crippen molar-refractivity contribution in [2.75, 3.05) is 6.61 Å². The van der Waals surface area contributed by atoms with Gasteiger partial charge >= 0.3 is 0 Å². The van der Waals surface area contributed by atoms with Gasteiger partial charge < -0.3 is 9.47 Å². The largest absolute Gasteiger partial charge is 0.353 e. The van der Waals surface area contributed by atoms with Crippen molar-refractivity contribution in [3.05, 3.63) is 0 Å². The lowest BCUT2D eigenvalue weighted by molar-refractivity contribution is -0.194. The minimum absolute atomic E-state index is 0.0419. The number of ether oxygens (including phenoxy) is 2. The average Bonchev–Trinajstić information content (AvgIpc) is 2.31. The second-order valence-electron chi connectivity index (χ2n) is 4.58. The van der Waals surface area contributed by atoms with Gasteiger partial charge in [-0.05, 0) is 44.9 Å². The van der Waals surface area contributed by atoms with Crippen molar-refractivity contribution in [2.45, 2.75) is 57.3 Å². The van der Waals surface area contributed by atoms with Gasteiger partial charge in [-0.3, -0.25) is 0 Å². The van der Waals surface area contributed by atoms with Crippen LogP contribution >= 0.6 is 0 Å². The van der Waals surface area contributed by atoms with Gasteiger partial charge in [0.05, 0.1) is 6.10 Å². The molecule has 2 aliphatic rings. The van der Waals surface area contributed by atoms with Gasteiger partial charge in [-0.25, -0.2) is 0 Å². The molecule has 1 saturated heterocycles. The van der Waals surface area contributed by atoms with Gasteiger partial charge in [0.2, 0.25) is 0 Å². The van der Waals surface area contributed by atoms with Crippen LogP contribution in [0, 0.1) is 18.3 Å². The van der Waals surface area contributed by atoms with E-state index in [2.05, 4.69) is 5.92 Å². The van der Waals surface area contributed by atoms with Crippen LogP contribution in [-0.2, 0) is 9.47 Å². The first-order chi connectivity index (χ1) is 7.38. The molecule has 1 heterocycles. The molecule has 15 heavy (non-hydrogen) atoms. The van der Waals surface area contributed by atoms with Crippen LogP contribution in [0.4, 0.5) is 0 Å². The van der Waals surface area contributed by atoms with Crippen LogP contribution in [0.5, 0.6) is 0 Å². The molecule has 0 aromatic rings. The number of hydrogen-bond acceptors (Lipinski definition) is 2. The fraction of sp³-hybridized carbons (Fsp3) is 0.846. The summed E-state index contributed by atoms with van der Waals surface area (Å²) in [4.78, 5) is 0. The van der Waals surface area contributed by atoms with Crippen molar-refractivity contribution in [3.63, 3.8) is 0 Å². The number of hydrogen-bond donors (Lipinski definition) is 0. The molecule has 0 radical (unpaired) electrons. The topological polar surface area (TPSA) is 18.5 Å². The second kappa shape index (κ2) is 5.53. The molecule has 0 aromatic heterocycles. The van der Waals surface area contributed by atoms with E-state index in [1.54, 1.807) is 0 Å². The van der Waals surface area contributed by atoms with Gasteiger partial charge in [-0.1, -0.05) is 0 Å². The summed E-state index contributed by atoms with van der Waals surface area (Å²) < 4.78 is 11.5. The molecule has 3 unspecified atom stereocenters. The average molecular weight is 208 g/mol. The molecule has 1 aliphatic carbocycles. The van der Waals surface area contributed by atoms with Gasteiger partial charge in [-0.15, -0.1) is 12.3 Å². The molecule has 2 nitrogen and oxygen atoms in total. The Hall–Kier alpha value is -0.520. The third kappa shape index (κ3) is 3.22. The highest BCUT2D eigenvalue weighted by Gasteiger charge is 2.25. The standard InChI is InChI=1S/C13H20O2/c1-2-11-6-5-7-12(10-11)15-13-8-3-4-9-14-13/h1,11-13H,3-10H2. The van der Waals surface area contributed by atoms with Crippen LogP contribution in [-0.4, -0.2) is 19.0 Å². The lowest BCUT2D eigenvalue weighted by Gasteiger charge is -2.31. The van der Waals surface area contributed by atoms with Gasteiger partial charge in [0.1, 0.15) is 0 Å². The molecular weight excluding hydrogens is 188 g/mol. The van der Waals surface area contributed by atoms with Crippen molar-refractivity contribution in [1.29, 1.82) is 0 Å². The van der Waals surface area contributed by atoms with Gasteiger partial charge in [0.15, 0.2) is 6.29 Å². The Bertz CT molecular complexity index is 225. The smallest absolute Gasteiger partial charge is 0.157 e. The normalized spacial score (nSPS) is 37.1. The van der Waals surface area contributed by atoms with Gasteiger partial charge in [0, 0.05) is 12.5 Å². The molecule has 84 valence electrons. The summed E-state index contributed by atoms with van der Waals surface area (Å²) in [7, 11) is 0. The first-order valence-corrected chi connectivity index (χ1v) is 6.11. The minimum Gasteiger partial charge on any atom is -0.353 e. The van der Waals surface area contributed by atoms with Crippen molar-refractivity contribution < 1.29 is 9.47 Å². The van der Waals surface area contributed by atoms with Crippen LogP contribution in [0.2, 0.25) is 0 Å². The summed E-state index contributed by atoms with van der Waals surface area (Å²) in [5.74, 6) is 3.27. The summed E-state index contributed by atoms with van der Waals surface area (Å²) in [6.45, 7) is 0.857. The summed E-state index contributed by atoms with van der Waals surface area (Å²) in [5, 5.41) is 0. The molecule has 1 saturated carbocycles. The quantitative estimate of drug-likeness (QED) is 0.650. The fourth-order valence-electron chi connectivity index (χ4n) is 2.45. The Kier molecular flexibility index (Phi) is 4.05. The minimum atomic E-state index is 0.0419. The molecule has 0 bridgehead atoms. The van der Waals surface area contributed by atoms with Gasteiger partial charge in [0.25, 0.3) is 0 Å². The molecule has 0 aromatic carbocycles. The molecular formula is C13H20O2. The van der Waals surface area contributed by atoms with Crippen molar-refractivity contribution in [1.82, 2.24) is 0 Å². The molecule has 1 aliphatic heterocycles. The van der Waals surface area contributed by atoms with Gasteiger partial charge in [-0.2, -0.15) is 0 Å². The summed E-state index contributed by atoms with van der Waals surface area (Å²) in [5.41, 5.74) is 0. The molecule has 2 fully saturated rings. The highest BCUT2D eigenvalue weighted by molar-refractivity contribution is 4.96. The zero-order valence-corrected chi connectivity index (χ0v) is 9.28. The first kappa shape index (κ1) is 11.0. The number of rotatable bonds is 2. The van der Waals surface area contributed by atoms with Crippen molar-refractivity contribution in [3.8, 4) is 12.3 Å². The Morgan fingerprint density at radius 2 is 2.07 bits per heavy atom. The molecule has 2 rings (SSSR count). The Balaban J connectivity index is 1.75. The Morgan fingerprint density at radius 3 is 2.80 bits per heavy atom. The van der Waals surface area contributed by atoms with Crippen LogP contribution in [0.15, 0.2) is 0 Å². The zero-order valence-electron chi connectivity index (χ0n) is 9.28. The molecule has 0 spiro atoms. The van der Waals surface area contributed by atoms with E-state index in [1.807, 2.05) is 0 Å². The summed E-state index contributed by atoms with van der Waals surface area (Å²) in [6.07, 6.45) is 13.8. The maximum absolute atomic E-state index is 5.95. The lowest BCUT2D eigenvalue weighted by atomic mass is 9.88. The van der Waals surface area contributed by atoms with E-state index in [-0.39, 0.29) is 6.29 Å². The van der Waals surface area contributed by atoms with E-state index in [0.29, 0.717) is 12.0 Å². The number of terminal acetylenes is 1. The maximum atomic E-state index is 5.95. The van der Waals surface area contributed by atoms with E-state index < -0.39 is 0 Å². The second-order valence-corrected chi connectivity index (χ2v) is 4.58. The fourth-order valence-corrected chi connectivity index (χ4v) is 2.45. The summed E-state index contributed by atoms with van der Waals surface area (Å²) >= 11 is 0. The Labute approximate surface area is 92.3 Å². The molecule has 3 atom stereocenters. The highest BCUT2D eigenvalue weighted by atomic mass is 16.7. The van der Waals surface area contributed by atoms with E-state index >= 15 is 0 Å². The third-order valence-electron chi connectivity index (χ3n) is 3.34. The van der Waals surface area contributed by atoms with E-state index in [1.165, 1.54) is 25.7 Å². The third-order valence-corrected chi connectivity index (χ3v) is 3.34. The monoisotopic (exact) mass is 208 g/mol. The molecule has 0 N–H and O–H groups in total. The van der Waals surface area contributed by atoms with Crippen LogP contribution in [0.25, 0.3) is 0 Å². The Morgan fingerprint density at radius 1 is 1.13 bits per heavy atom. The van der Waals surface area contributed by atoms with Crippen molar-refractivity contribution in [2.24, 2.45) is 5.92 Å². The van der Waals surface area contributed by atoms with Crippen LogP contribution in [0.3, 0.4) is 0 Å². The summed E-state index contributed by atoms with van der Waals surface area (Å²) in [6, 6.07) is 0. The molecule has 2 heteroatoms. The van der Waals surface area contributed by atoms with E-state index in [9.17, 15) is 0 Å². The van der Waals surface area contributed by atoms with Crippen LogP contribution < -0.4 is 0 Å². The van der Waals surface area contributed by atoms with E-state index in [0.717, 1.165) is 25.9 Å². The SMILES string of the molecule is C#CC1CCCC(OC2CCCCO2)C1.